The summed E-state index contributed by atoms with van der Waals surface area (Å²) in [6.07, 6.45) is 2.22. The van der Waals surface area contributed by atoms with Crippen molar-refractivity contribution in [2.45, 2.75) is 38.6 Å². The summed E-state index contributed by atoms with van der Waals surface area (Å²) in [6.45, 7) is 6.14. The van der Waals surface area contributed by atoms with Crippen LogP contribution >= 0.6 is 0 Å². The van der Waals surface area contributed by atoms with Crippen LogP contribution in [0.25, 0.3) is 0 Å². The Kier molecular flexibility index (Phi) is 9.03. The number of ether oxygens (including phenoxy) is 2. The average Bonchev–Trinajstić information content (AvgIpc) is 2.31. The van der Waals surface area contributed by atoms with Gasteiger partial charge in [0.2, 0.25) is 0 Å². The Bertz CT molecular complexity index is 211. The summed E-state index contributed by atoms with van der Waals surface area (Å²) in [6, 6.07) is 0. The van der Waals surface area contributed by atoms with Crippen LogP contribution in [0.2, 0.25) is 0 Å². The van der Waals surface area contributed by atoms with E-state index < -0.39 is 11.5 Å². The number of aliphatic carboxylic acids is 1. The fourth-order valence-corrected chi connectivity index (χ4v) is 1.36. The molecule has 1 atom stereocenters. The van der Waals surface area contributed by atoms with Crippen LogP contribution in [0.15, 0.2) is 0 Å². The van der Waals surface area contributed by atoms with E-state index in [1.54, 1.807) is 14.0 Å². The van der Waals surface area contributed by atoms with Crippen molar-refractivity contribution < 1.29 is 19.4 Å². The Labute approximate surface area is 103 Å². The first-order chi connectivity index (χ1) is 8.06. The van der Waals surface area contributed by atoms with Crippen LogP contribution < -0.4 is 5.32 Å². The molecule has 0 bridgehead atoms. The molecule has 0 aromatic carbocycles. The highest BCUT2D eigenvalue weighted by molar-refractivity contribution is 5.78. The molecular formula is C12H25NO4. The van der Waals surface area contributed by atoms with E-state index in [-0.39, 0.29) is 0 Å². The number of methoxy groups -OCH3 is 1. The molecule has 2 N–H and O–H groups in total. The Balaban J connectivity index is 3.81. The fourth-order valence-electron chi connectivity index (χ4n) is 1.36. The number of hydrogen-bond acceptors (Lipinski definition) is 4. The van der Waals surface area contributed by atoms with Crippen molar-refractivity contribution in [1.29, 1.82) is 0 Å². The van der Waals surface area contributed by atoms with Gasteiger partial charge in [-0.1, -0.05) is 6.92 Å². The van der Waals surface area contributed by atoms with Gasteiger partial charge in [-0.3, -0.25) is 4.79 Å². The van der Waals surface area contributed by atoms with Crippen molar-refractivity contribution in [3.63, 3.8) is 0 Å². The maximum absolute atomic E-state index is 11.2. The number of carboxylic acids is 1. The molecule has 17 heavy (non-hydrogen) atoms. The average molecular weight is 247 g/mol. The van der Waals surface area contributed by atoms with Crippen molar-refractivity contribution in [2.24, 2.45) is 0 Å². The van der Waals surface area contributed by atoms with Crippen molar-refractivity contribution in [3.05, 3.63) is 0 Å². The minimum absolute atomic E-state index is 0.448. The normalized spacial score (nSPS) is 14.5. The third kappa shape index (κ3) is 7.31. The zero-order chi connectivity index (χ0) is 13.1. The van der Waals surface area contributed by atoms with Gasteiger partial charge in [0.1, 0.15) is 5.54 Å². The molecular weight excluding hydrogens is 222 g/mol. The Morgan fingerprint density at radius 2 is 2.06 bits per heavy atom. The monoisotopic (exact) mass is 247 g/mol. The Morgan fingerprint density at radius 1 is 1.35 bits per heavy atom. The zero-order valence-electron chi connectivity index (χ0n) is 11.1. The van der Waals surface area contributed by atoms with Gasteiger partial charge in [0.25, 0.3) is 0 Å². The second-order valence-electron chi connectivity index (χ2n) is 4.27. The van der Waals surface area contributed by atoms with Gasteiger partial charge < -0.3 is 19.9 Å². The summed E-state index contributed by atoms with van der Waals surface area (Å²) in [7, 11) is 1.65. The summed E-state index contributed by atoms with van der Waals surface area (Å²) in [5.41, 5.74) is -0.892. The predicted octanol–water partition coefficient (Wildman–Crippen LogP) is 1.27. The summed E-state index contributed by atoms with van der Waals surface area (Å²) in [5, 5.41) is 12.2. The van der Waals surface area contributed by atoms with Gasteiger partial charge in [0.15, 0.2) is 0 Å². The van der Waals surface area contributed by atoms with Crippen LogP contribution in [0.3, 0.4) is 0 Å². The molecule has 0 aromatic rings. The molecule has 0 spiro atoms. The van der Waals surface area contributed by atoms with E-state index in [9.17, 15) is 4.79 Å². The molecule has 0 amide bonds. The lowest BCUT2D eigenvalue weighted by molar-refractivity contribution is -0.145. The summed E-state index contributed by atoms with van der Waals surface area (Å²) >= 11 is 0. The van der Waals surface area contributed by atoms with Gasteiger partial charge in [0, 0.05) is 26.9 Å². The molecule has 0 aromatic heterocycles. The first-order valence-corrected chi connectivity index (χ1v) is 6.12. The van der Waals surface area contributed by atoms with Gasteiger partial charge in [-0.25, -0.2) is 0 Å². The largest absolute Gasteiger partial charge is 0.480 e. The molecule has 102 valence electrons. The van der Waals surface area contributed by atoms with E-state index in [1.807, 2.05) is 6.92 Å². The summed E-state index contributed by atoms with van der Waals surface area (Å²) < 4.78 is 10.3. The maximum Gasteiger partial charge on any atom is 0.323 e. The van der Waals surface area contributed by atoms with Crippen molar-refractivity contribution in [3.8, 4) is 0 Å². The lowest BCUT2D eigenvalue weighted by Crippen LogP contribution is -2.50. The minimum atomic E-state index is -0.892. The Morgan fingerprint density at radius 3 is 2.59 bits per heavy atom. The third-order valence-corrected chi connectivity index (χ3v) is 2.62. The molecule has 5 heteroatoms. The van der Waals surface area contributed by atoms with Crippen LogP contribution in [0.1, 0.15) is 33.1 Å². The SMILES string of the molecule is CCCNC(C)(CCOCCCOC)C(=O)O. The van der Waals surface area contributed by atoms with E-state index in [0.29, 0.717) is 32.8 Å². The number of carboxylic acid groups (broad SMARTS) is 1. The zero-order valence-corrected chi connectivity index (χ0v) is 11.1. The molecule has 0 saturated heterocycles. The molecule has 0 rings (SSSR count). The second kappa shape index (κ2) is 9.39. The van der Waals surface area contributed by atoms with Crippen LogP contribution in [0.5, 0.6) is 0 Å². The lowest BCUT2D eigenvalue weighted by atomic mass is 9.98. The first-order valence-electron chi connectivity index (χ1n) is 6.12. The molecule has 1 unspecified atom stereocenters. The smallest absolute Gasteiger partial charge is 0.323 e. The standard InChI is InChI=1S/C12H25NO4/c1-4-7-13-12(2,11(14)15)6-10-17-9-5-8-16-3/h13H,4-10H2,1-3H3,(H,14,15). The quantitative estimate of drug-likeness (QED) is 0.538. The molecule has 0 aliphatic rings. The van der Waals surface area contributed by atoms with Crippen LogP contribution in [-0.2, 0) is 14.3 Å². The van der Waals surface area contributed by atoms with E-state index in [4.69, 9.17) is 14.6 Å². The van der Waals surface area contributed by atoms with E-state index in [0.717, 1.165) is 12.8 Å². The first kappa shape index (κ1) is 16.4. The highest BCUT2D eigenvalue weighted by Gasteiger charge is 2.31. The van der Waals surface area contributed by atoms with Gasteiger partial charge in [-0.2, -0.15) is 0 Å². The highest BCUT2D eigenvalue weighted by Crippen LogP contribution is 2.10. The summed E-state index contributed by atoms with van der Waals surface area (Å²) in [5.74, 6) is -0.827. The van der Waals surface area contributed by atoms with Gasteiger partial charge >= 0.3 is 5.97 Å². The van der Waals surface area contributed by atoms with Gasteiger partial charge in [-0.05, 0) is 32.7 Å². The van der Waals surface area contributed by atoms with Crippen molar-refractivity contribution in [1.82, 2.24) is 5.32 Å². The van der Waals surface area contributed by atoms with Crippen molar-refractivity contribution in [2.75, 3.05) is 33.5 Å². The fraction of sp³-hybridized carbons (Fsp3) is 0.917. The van der Waals surface area contributed by atoms with Gasteiger partial charge in [-0.15, -0.1) is 0 Å². The number of hydrogen-bond donors (Lipinski definition) is 2. The molecule has 0 saturated carbocycles. The Hall–Kier alpha value is -0.650. The van der Waals surface area contributed by atoms with E-state index in [1.165, 1.54) is 0 Å². The van der Waals surface area contributed by atoms with Crippen LogP contribution in [0.4, 0.5) is 0 Å². The number of rotatable bonds is 11. The van der Waals surface area contributed by atoms with E-state index in [2.05, 4.69) is 5.32 Å². The molecule has 0 fully saturated rings. The molecule has 0 radical (unpaired) electrons. The molecule has 0 aliphatic carbocycles. The topological polar surface area (TPSA) is 67.8 Å². The lowest BCUT2D eigenvalue weighted by Gasteiger charge is -2.26. The van der Waals surface area contributed by atoms with E-state index >= 15 is 0 Å². The maximum atomic E-state index is 11.2. The molecule has 5 nitrogen and oxygen atoms in total. The highest BCUT2D eigenvalue weighted by atomic mass is 16.5. The molecule has 0 heterocycles. The number of nitrogens with one attached hydrogen (secondary N) is 1. The summed E-state index contributed by atoms with van der Waals surface area (Å²) in [4.78, 5) is 11.2. The van der Waals surface area contributed by atoms with Crippen LogP contribution in [-0.4, -0.2) is 50.1 Å². The predicted molar refractivity (Wildman–Crippen MR) is 66.3 cm³/mol. The minimum Gasteiger partial charge on any atom is -0.480 e. The third-order valence-electron chi connectivity index (χ3n) is 2.62. The number of carbonyl (C=O) groups is 1. The van der Waals surface area contributed by atoms with Crippen molar-refractivity contribution >= 4 is 5.97 Å². The van der Waals surface area contributed by atoms with Crippen LogP contribution in [0, 0.1) is 0 Å². The van der Waals surface area contributed by atoms with Gasteiger partial charge in [0.05, 0.1) is 0 Å². The second-order valence-corrected chi connectivity index (χ2v) is 4.27. The molecule has 0 aliphatic heterocycles.